The second-order valence-electron chi connectivity index (χ2n) is 1.81. The molecule has 3 nitrogen and oxygen atoms in total. The summed E-state index contributed by atoms with van der Waals surface area (Å²) in [7, 11) is 0. The van der Waals surface area contributed by atoms with Crippen LogP contribution in [-0.4, -0.2) is 16.1 Å². The van der Waals surface area contributed by atoms with Crippen molar-refractivity contribution >= 4 is 28.6 Å². The molecule has 1 saturated heterocycles. The van der Waals surface area contributed by atoms with E-state index in [-0.39, 0.29) is 16.1 Å². The maximum Gasteiger partial charge on any atom is 0.315 e. The van der Waals surface area contributed by atoms with Gasteiger partial charge in [0, 0.05) is 0 Å². The van der Waals surface area contributed by atoms with Crippen molar-refractivity contribution in [2.24, 2.45) is 0 Å². The maximum absolute atomic E-state index is 10.4. The fraction of sp³-hybridized carbons (Fsp3) is 0.750. The van der Waals surface area contributed by atoms with Crippen LogP contribution in [0.25, 0.3) is 0 Å². The second-order valence-corrected chi connectivity index (χ2v) is 3.15. The monoisotopic (exact) mass is 226 g/mol. The standard InChI is InChI=1S/C4H7IN2O/c1-2-3(5)7-4(8)6-2/h2-3H,1H3,(H2,6,7,8). The van der Waals surface area contributed by atoms with E-state index >= 15 is 0 Å². The van der Waals surface area contributed by atoms with Crippen LogP contribution in [0.3, 0.4) is 0 Å². The van der Waals surface area contributed by atoms with E-state index in [9.17, 15) is 4.79 Å². The number of carbonyl (C=O) groups is 1. The highest BCUT2D eigenvalue weighted by Gasteiger charge is 2.24. The number of rotatable bonds is 0. The summed E-state index contributed by atoms with van der Waals surface area (Å²) in [5.74, 6) is 0. The number of halogens is 1. The van der Waals surface area contributed by atoms with Gasteiger partial charge >= 0.3 is 6.03 Å². The van der Waals surface area contributed by atoms with Crippen LogP contribution < -0.4 is 10.6 Å². The van der Waals surface area contributed by atoms with Crippen LogP contribution in [0.15, 0.2) is 0 Å². The maximum atomic E-state index is 10.4. The van der Waals surface area contributed by atoms with Crippen LogP contribution in [0, 0.1) is 0 Å². The molecular weight excluding hydrogens is 219 g/mol. The molecule has 1 heterocycles. The molecule has 8 heavy (non-hydrogen) atoms. The van der Waals surface area contributed by atoms with E-state index < -0.39 is 0 Å². The average Bonchev–Trinajstić information content (AvgIpc) is 1.85. The molecule has 2 unspecified atom stereocenters. The highest BCUT2D eigenvalue weighted by Crippen LogP contribution is 2.06. The Balaban J connectivity index is 2.51. The van der Waals surface area contributed by atoms with Gasteiger partial charge in [0.2, 0.25) is 0 Å². The van der Waals surface area contributed by atoms with Crippen molar-refractivity contribution in [2.45, 2.75) is 17.0 Å². The van der Waals surface area contributed by atoms with Gasteiger partial charge in [0.25, 0.3) is 0 Å². The summed E-state index contributed by atoms with van der Waals surface area (Å²) >= 11 is 2.18. The van der Waals surface area contributed by atoms with E-state index in [1.54, 1.807) is 0 Å². The quantitative estimate of drug-likeness (QED) is 0.351. The fourth-order valence-electron chi connectivity index (χ4n) is 0.572. The Morgan fingerprint density at radius 3 is 2.38 bits per heavy atom. The second kappa shape index (κ2) is 2.08. The van der Waals surface area contributed by atoms with E-state index in [1.807, 2.05) is 6.92 Å². The molecule has 2 atom stereocenters. The summed E-state index contributed by atoms with van der Waals surface area (Å²) in [6.45, 7) is 1.97. The third-order valence-electron chi connectivity index (χ3n) is 1.07. The van der Waals surface area contributed by atoms with Gasteiger partial charge in [-0.25, -0.2) is 4.79 Å². The number of amides is 2. The Morgan fingerprint density at radius 1 is 1.62 bits per heavy atom. The Hall–Kier alpha value is 0. The van der Waals surface area contributed by atoms with Crippen molar-refractivity contribution in [1.29, 1.82) is 0 Å². The van der Waals surface area contributed by atoms with E-state index in [1.165, 1.54) is 0 Å². The molecule has 1 rings (SSSR count). The molecule has 2 N–H and O–H groups in total. The van der Waals surface area contributed by atoms with Crippen LogP contribution in [0.4, 0.5) is 4.79 Å². The molecule has 1 fully saturated rings. The zero-order chi connectivity index (χ0) is 6.15. The fourth-order valence-corrected chi connectivity index (χ4v) is 1.03. The lowest BCUT2D eigenvalue weighted by molar-refractivity contribution is 0.247. The third kappa shape index (κ3) is 1.04. The minimum absolute atomic E-state index is 0.0584. The summed E-state index contributed by atoms with van der Waals surface area (Å²) in [4.78, 5) is 10.4. The van der Waals surface area contributed by atoms with Crippen LogP contribution in [0.5, 0.6) is 0 Å². The SMILES string of the molecule is CC1NC(=O)NC1I. The minimum Gasteiger partial charge on any atom is -0.333 e. The first kappa shape index (κ1) is 6.12. The third-order valence-corrected chi connectivity index (χ3v) is 2.46. The molecule has 1 aliphatic heterocycles. The minimum atomic E-state index is -0.0584. The Bertz CT molecular complexity index is 105. The number of hydrogen-bond acceptors (Lipinski definition) is 1. The normalized spacial score (nSPS) is 36.5. The number of nitrogens with one attached hydrogen (secondary N) is 2. The predicted octanol–water partition coefficient (Wildman–Crippen LogP) is 0.449. The number of alkyl halides is 1. The van der Waals surface area contributed by atoms with Crippen LogP contribution in [-0.2, 0) is 0 Å². The molecule has 0 aromatic heterocycles. The molecule has 2 amide bonds. The Labute approximate surface area is 61.4 Å². The van der Waals surface area contributed by atoms with E-state index in [0.717, 1.165) is 0 Å². The van der Waals surface area contributed by atoms with E-state index in [2.05, 4.69) is 33.2 Å². The van der Waals surface area contributed by atoms with Crippen LogP contribution >= 0.6 is 22.6 Å². The first-order chi connectivity index (χ1) is 3.70. The molecule has 4 heteroatoms. The molecular formula is C4H7IN2O. The van der Waals surface area contributed by atoms with Crippen molar-refractivity contribution < 1.29 is 4.79 Å². The molecule has 0 bridgehead atoms. The molecule has 0 aliphatic carbocycles. The first-order valence-electron chi connectivity index (χ1n) is 2.41. The Morgan fingerprint density at radius 2 is 2.25 bits per heavy atom. The Kier molecular flexibility index (Phi) is 1.59. The molecule has 0 radical (unpaired) electrons. The van der Waals surface area contributed by atoms with Gasteiger partial charge in [0.15, 0.2) is 0 Å². The van der Waals surface area contributed by atoms with Gasteiger partial charge in [0.05, 0.1) is 6.04 Å². The van der Waals surface area contributed by atoms with Crippen molar-refractivity contribution in [3.8, 4) is 0 Å². The summed E-state index contributed by atoms with van der Waals surface area (Å²) in [6, 6.07) is 0.208. The lowest BCUT2D eigenvalue weighted by Crippen LogP contribution is -2.24. The molecule has 46 valence electrons. The molecule has 0 spiro atoms. The lowest BCUT2D eigenvalue weighted by atomic mass is 10.4. The van der Waals surface area contributed by atoms with Crippen molar-refractivity contribution in [2.75, 3.05) is 0 Å². The largest absolute Gasteiger partial charge is 0.333 e. The smallest absolute Gasteiger partial charge is 0.315 e. The van der Waals surface area contributed by atoms with Gasteiger partial charge in [-0.15, -0.1) is 0 Å². The van der Waals surface area contributed by atoms with Gasteiger partial charge in [-0.2, -0.15) is 0 Å². The van der Waals surface area contributed by atoms with Crippen LogP contribution in [0.1, 0.15) is 6.92 Å². The van der Waals surface area contributed by atoms with Gasteiger partial charge < -0.3 is 10.6 Å². The average molecular weight is 226 g/mol. The van der Waals surface area contributed by atoms with E-state index in [0.29, 0.717) is 0 Å². The molecule has 0 saturated carbocycles. The summed E-state index contributed by atoms with van der Waals surface area (Å²) in [5, 5.41) is 5.41. The summed E-state index contributed by atoms with van der Waals surface area (Å²) in [6.07, 6.45) is 0. The number of urea groups is 1. The van der Waals surface area contributed by atoms with Crippen molar-refractivity contribution in [3.63, 3.8) is 0 Å². The summed E-state index contributed by atoms with van der Waals surface area (Å²) in [5.41, 5.74) is 0. The molecule has 1 aliphatic rings. The van der Waals surface area contributed by atoms with Gasteiger partial charge in [-0.05, 0) is 6.92 Å². The molecule has 0 aromatic carbocycles. The van der Waals surface area contributed by atoms with Gasteiger partial charge in [0.1, 0.15) is 4.05 Å². The number of hydrogen-bond donors (Lipinski definition) is 2. The highest BCUT2D eigenvalue weighted by atomic mass is 127. The highest BCUT2D eigenvalue weighted by molar-refractivity contribution is 14.1. The zero-order valence-electron chi connectivity index (χ0n) is 4.44. The van der Waals surface area contributed by atoms with E-state index in [4.69, 9.17) is 0 Å². The van der Waals surface area contributed by atoms with Crippen molar-refractivity contribution in [3.05, 3.63) is 0 Å². The van der Waals surface area contributed by atoms with Gasteiger partial charge in [-0.1, -0.05) is 22.6 Å². The predicted molar refractivity (Wildman–Crippen MR) is 38.9 cm³/mol. The van der Waals surface area contributed by atoms with Crippen LogP contribution in [0.2, 0.25) is 0 Å². The van der Waals surface area contributed by atoms with Gasteiger partial charge in [-0.3, -0.25) is 0 Å². The first-order valence-corrected chi connectivity index (χ1v) is 3.66. The summed E-state index contributed by atoms with van der Waals surface area (Å²) < 4.78 is 0.250. The number of carbonyl (C=O) groups excluding carboxylic acids is 1. The molecule has 0 aromatic rings. The topological polar surface area (TPSA) is 41.1 Å². The van der Waals surface area contributed by atoms with Crippen molar-refractivity contribution in [1.82, 2.24) is 10.6 Å². The lowest BCUT2D eigenvalue weighted by Gasteiger charge is -2.02. The zero-order valence-corrected chi connectivity index (χ0v) is 6.60.